The van der Waals surface area contributed by atoms with Crippen molar-refractivity contribution in [1.82, 2.24) is 4.90 Å². The summed E-state index contributed by atoms with van der Waals surface area (Å²) in [6.07, 6.45) is 0.464. The van der Waals surface area contributed by atoms with Crippen molar-refractivity contribution in [3.63, 3.8) is 0 Å². The van der Waals surface area contributed by atoms with Crippen molar-refractivity contribution in [3.05, 3.63) is 18.4 Å². The van der Waals surface area contributed by atoms with Crippen LogP contribution in [0.4, 0.5) is 15.5 Å². The van der Waals surface area contributed by atoms with Gasteiger partial charge in [0, 0.05) is 26.2 Å². The maximum atomic E-state index is 12.2. The van der Waals surface area contributed by atoms with Gasteiger partial charge in [-0.1, -0.05) is 0 Å². The fraction of sp³-hybridized carbons (Fsp3) is 0.571. The maximum absolute atomic E-state index is 12.2. The van der Waals surface area contributed by atoms with E-state index < -0.39 is 17.8 Å². The lowest BCUT2D eigenvalue weighted by atomic mass is 10.2. The second-order valence-electron chi connectivity index (χ2n) is 5.47. The number of hydrogen-bond acceptors (Lipinski definition) is 5. The summed E-state index contributed by atoms with van der Waals surface area (Å²) in [5, 5.41) is 0. The summed E-state index contributed by atoms with van der Waals surface area (Å²) in [5.41, 5.74) is -0.615. The molecule has 0 N–H and O–H groups in total. The minimum absolute atomic E-state index is 0.230. The van der Waals surface area contributed by atoms with Gasteiger partial charge in [-0.15, -0.1) is 0 Å². The molecule has 7 nitrogen and oxygen atoms in total. The predicted octanol–water partition coefficient (Wildman–Crippen LogP) is 2.72. The summed E-state index contributed by atoms with van der Waals surface area (Å²) < 4.78 is 15.2. The minimum Gasteiger partial charge on any atom is -0.453 e. The van der Waals surface area contributed by atoms with Crippen LogP contribution in [0, 0.1) is 0 Å². The van der Waals surface area contributed by atoms with Crippen molar-refractivity contribution in [1.29, 1.82) is 0 Å². The molecule has 0 saturated carbocycles. The van der Waals surface area contributed by atoms with Gasteiger partial charge in [0.15, 0.2) is 0 Å². The van der Waals surface area contributed by atoms with Gasteiger partial charge in [0.2, 0.25) is 5.88 Å². The van der Waals surface area contributed by atoms with Crippen molar-refractivity contribution in [3.8, 4) is 0 Å². The Kier molecular flexibility index (Phi) is 5.63. The van der Waals surface area contributed by atoms with Crippen LogP contribution in [0.2, 0.25) is 0 Å². The van der Waals surface area contributed by atoms with Crippen LogP contribution in [0.1, 0.15) is 20.8 Å². The van der Waals surface area contributed by atoms with Gasteiger partial charge in [0.1, 0.15) is 5.60 Å². The number of methoxy groups -OCH3 is 1. The number of likely N-dealkylation sites (N-methyl/N-ethyl adjacent to an activating group) is 1. The standard InChI is InChI=1S/C14H22N2O5/c1-14(2,3)21-13(18)16(11-7-6-10-20-11)9-8-15(4)12(17)19-5/h6-7,10H,8-9H2,1-5H3. The van der Waals surface area contributed by atoms with Crippen LogP contribution in [0.25, 0.3) is 0 Å². The summed E-state index contributed by atoms with van der Waals surface area (Å²) in [4.78, 5) is 26.3. The fourth-order valence-electron chi connectivity index (χ4n) is 1.53. The smallest absolute Gasteiger partial charge is 0.417 e. The van der Waals surface area contributed by atoms with Crippen LogP contribution >= 0.6 is 0 Å². The molecule has 118 valence electrons. The van der Waals surface area contributed by atoms with Crippen molar-refractivity contribution < 1.29 is 23.5 Å². The Labute approximate surface area is 124 Å². The first kappa shape index (κ1) is 16.9. The molecule has 0 spiro atoms. The Balaban J connectivity index is 2.75. The second kappa shape index (κ2) is 7.01. The molecule has 1 heterocycles. The van der Waals surface area contributed by atoms with E-state index in [0.717, 1.165) is 0 Å². The topological polar surface area (TPSA) is 72.2 Å². The van der Waals surface area contributed by atoms with Gasteiger partial charge < -0.3 is 18.8 Å². The predicted molar refractivity (Wildman–Crippen MR) is 77.3 cm³/mol. The van der Waals surface area contributed by atoms with E-state index in [1.165, 1.54) is 23.2 Å². The van der Waals surface area contributed by atoms with Crippen molar-refractivity contribution >= 4 is 18.1 Å². The molecule has 1 aromatic rings. The molecular weight excluding hydrogens is 276 g/mol. The lowest BCUT2D eigenvalue weighted by molar-refractivity contribution is 0.0569. The van der Waals surface area contributed by atoms with Crippen LogP contribution in [0.3, 0.4) is 0 Å². The molecule has 0 radical (unpaired) electrons. The van der Waals surface area contributed by atoms with Crippen molar-refractivity contribution in [2.24, 2.45) is 0 Å². The molecule has 0 fully saturated rings. The summed E-state index contributed by atoms with van der Waals surface area (Å²) in [5.74, 6) is 0.363. The number of furan rings is 1. The van der Waals surface area contributed by atoms with E-state index in [9.17, 15) is 9.59 Å². The van der Waals surface area contributed by atoms with E-state index in [1.54, 1.807) is 40.0 Å². The van der Waals surface area contributed by atoms with Gasteiger partial charge in [0.05, 0.1) is 13.4 Å². The van der Waals surface area contributed by atoms with E-state index in [-0.39, 0.29) is 13.1 Å². The molecule has 0 saturated heterocycles. The van der Waals surface area contributed by atoms with Gasteiger partial charge in [-0.25, -0.2) is 14.5 Å². The quantitative estimate of drug-likeness (QED) is 0.854. The van der Waals surface area contributed by atoms with E-state index in [2.05, 4.69) is 4.74 Å². The molecule has 2 amide bonds. The Morgan fingerprint density at radius 2 is 1.90 bits per heavy atom. The SMILES string of the molecule is COC(=O)N(C)CCN(C(=O)OC(C)(C)C)c1ccco1. The lowest BCUT2D eigenvalue weighted by Crippen LogP contribution is -2.42. The molecule has 1 rings (SSSR count). The number of carbonyl (C=O) groups is 2. The number of carbonyl (C=O) groups excluding carboxylic acids is 2. The average Bonchev–Trinajstić information content (AvgIpc) is 2.89. The summed E-state index contributed by atoms with van der Waals surface area (Å²) >= 11 is 0. The molecule has 0 aliphatic carbocycles. The first-order valence-corrected chi connectivity index (χ1v) is 6.57. The molecule has 0 aliphatic rings. The Hall–Kier alpha value is -2.18. The first-order valence-electron chi connectivity index (χ1n) is 6.57. The number of ether oxygens (including phenoxy) is 2. The van der Waals surface area contributed by atoms with Crippen molar-refractivity contribution in [2.75, 3.05) is 32.1 Å². The highest BCUT2D eigenvalue weighted by Gasteiger charge is 2.25. The Morgan fingerprint density at radius 3 is 2.38 bits per heavy atom. The monoisotopic (exact) mass is 298 g/mol. The third-order valence-corrected chi connectivity index (χ3v) is 2.53. The molecule has 7 heteroatoms. The normalized spacial score (nSPS) is 10.9. The van der Waals surface area contributed by atoms with Gasteiger partial charge in [-0.3, -0.25) is 0 Å². The highest BCUT2D eigenvalue weighted by atomic mass is 16.6. The summed E-state index contributed by atoms with van der Waals surface area (Å²) in [6.45, 7) is 5.87. The molecule has 0 unspecified atom stereocenters. The molecule has 0 aromatic carbocycles. The number of anilines is 1. The zero-order valence-corrected chi connectivity index (χ0v) is 13.1. The van der Waals surface area contributed by atoms with E-state index >= 15 is 0 Å². The number of hydrogen-bond donors (Lipinski definition) is 0. The number of nitrogens with zero attached hydrogens (tertiary/aromatic N) is 2. The molecule has 21 heavy (non-hydrogen) atoms. The first-order chi connectivity index (χ1) is 9.74. The molecular formula is C14H22N2O5. The van der Waals surface area contributed by atoms with Gasteiger partial charge in [-0.2, -0.15) is 0 Å². The molecule has 0 atom stereocenters. The van der Waals surface area contributed by atoms with E-state index in [0.29, 0.717) is 5.88 Å². The van der Waals surface area contributed by atoms with E-state index in [4.69, 9.17) is 9.15 Å². The van der Waals surface area contributed by atoms with Gasteiger partial charge in [0.25, 0.3) is 0 Å². The van der Waals surface area contributed by atoms with E-state index in [1.807, 2.05) is 0 Å². The molecule has 1 aromatic heterocycles. The highest BCUT2D eigenvalue weighted by Crippen LogP contribution is 2.18. The van der Waals surface area contributed by atoms with Gasteiger partial charge in [-0.05, 0) is 26.8 Å². The van der Waals surface area contributed by atoms with Crippen LogP contribution in [-0.4, -0.2) is 49.9 Å². The van der Waals surface area contributed by atoms with Crippen LogP contribution < -0.4 is 4.90 Å². The average molecular weight is 298 g/mol. The van der Waals surface area contributed by atoms with Gasteiger partial charge >= 0.3 is 12.2 Å². The zero-order valence-electron chi connectivity index (χ0n) is 13.1. The third kappa shape index (κ3) is 5.37. The lowest BCUT2D eigenvalue weighted by Gasteiger charge is -2.27. The fourth-order valence-corrected chi connectivity index (χ4v) is 1.53. The largest absolute Gasteiger partial charge is 0.453 e. The minimum atomic E-state index is -0.615. The molecule has 0 aliphatic heterocycles. The Morgan fingerprint density at radius 1 is 1.24 bits per heavy atom. The third-order valence-electron chi connectivity index (χ3n) is 2.53. The van der Waals surface area contributed by atoms with Crippen LogP contribution in [0.5, 0.6) is 0 Å². The second-order valence-corrected chi connectivity index (χ2v) is 5.47. The molecule has 0 bridgehead atoms. The maximum Gasteiger partial charge on any atom is 0.417 e. The highest BCUT2D eigenvalue weighted by molar-refractivity contribution is 5.86. The number of rotatable bonds is 4. The summed E-state index contributed by atoms with van der Waals surface area (Å²) in [7, 11) is 2.89. The number of amides is 2. The Bertz CT molecular complexity index is 464. The van der Waals surface area contributed by atoms with Crippen LogP contribution in [-0.2, 0) is 9.47 Å². The zero-order chi connectivity index (χ0) is 16.0. The summed E-state index contributed by atoms with van der Waals surface area (Å²) in [6, 6.07) is 3.33. The van der Waals surface area contributed by atoms with Crippen molar-refractivity contribution in [2.45, 2.75) is 26.4 Å². The van der Waals surface area contributed by atoms with Crippen LogP contribution in [0.15, 0.2) is 22.8 Å².